The van der Waals surface area contributed by atoms with Crippen LogP contribution in [0.15, 0.2) is 36.6 Å². The third-order valence-corrected chi connectivity index (χ3v) is 4.24. The molecule has 7 heteroatoms. The molecular weight excluding hydrogens is 308 g/mol. The summed E-state index contributed by atoms with van der Waals surface area (Å²) in [5.41, 5.74) is 14.0. The van der Waals surface area contributed by atoms with Crippen molar-refractivity contribution in [2.45, 2.75) is 25.4 Å². The second-order valence-electron chi connectivity index (χ2n) is 5.78. The first-order chi connectivity index (χ1) is 11.5. The summed E-state index contributed by atoms with van der Waals surface area (Å²) in [6.07, 6.45) is 5.28. The molecule has 1 aromatic carbocycles. The minimum Gasteiger partial charge on any atom is -0.405 e. The van der Waals surface area contributed by atoms with Crippen molar-refractivity contribution >= 4 is 23.4 Å². The maximum Gasteiger partial charge on any atom is 0.255 e. The Kier molecular flexibility index (Phi) is 4.07. The Morgan fingerprint density at radius 2 is 2.08 bits per heavy atom. The van der Waals surface area contributed by atoms with Crippen molar-refractivity contribution in [3.05, 3.63) is 53.2 Å². The van der Waals surface area contributed by atoms with Crippen LogP contribution in [0.3, 0.4) is 0 Å². The van der Waals surface area contributed by atoms with E-state index in [9.17, 15) is 14.4 Å². The number of benzene rings is 1. The molecule has 0 radical (unpaired) electrons. The molecule has 7 nitrogen and oxygen atoms in total. The van der Waals surface area contributed by atoms with Crippen LogP contribution in [0.1, 0.15) is 34.3 Å². The number of nitrogens with one attached hydrogen (secondary N) is 1. The number of piperidine rings is 1. The molecule has 1 unspecified atom stereocenters. The molecule has 0 saturated carbocycles. The highest BCUT2D eigenvalue weighted by molar-refractivity contribution is 6.05. The van der Waals surface area contributed by atoms with Gasteiger partial charge in [0.15, 0.2) is 0 Å². The van der Waals surface area contributed by atoms with Crippen LogP contribution in [0, 0.1) is 0 Å². The minimum atomic E-state index is -0.612. The summed E-state index contributed by atoms with van der Waals surface area (Å²) in [7, 11) is 0. The topological polar surface area (TPSA) is 119 Å². The summed E-state index contributed by atoms with van der Waals surface area (Å²) in [5.74, 6) is -0.913. The zero-order valence-corrected chi connectivity index (χ0v) is 13.0. The summed E-state index contributed by atoms with van der Waals surface area (Å²) in [6.45, 7) is 0.328. The summed E-state index contributed by atoms with van der Waals surface area (Å²) in [4.78, 5) is 37.4. The number of hydrogen-bond acceptors (Lipinski definition) is 5. The number of fused-ring (bicyclic) bond motifs is 1. The van der Waals surface area contributed by atoms with Crippen LogP contribution >= 0.6 is 0 Å². The molecule has 2 aliphatic rings. The lowest BCUT2D eigenvalue weighted by Crippen LogP contribution is -2.52. The number of nitrogens with two attached hydrogens (primary N) is 2. The smallest absolute Gasteiger partial charge is 0.255 e. The lowest BCUT2D eigenvalue weighted by Gasteiger charge is -2.29. The Balaban J connectivity index is 1.85. The molecule has 124 valence electrons. The first-order valence-corrected chi connectivity index (χ1v) is 7.63. The molecule has 0 aromatic heterocycles. The monoisotopic (exact) mass is 326 g/mol. The predicted molar refractivity (Wildman–Crippen MR) is 88.0 cm³/mol. The lowest BCUT2D eigenvalue weighted by molar-refractivity contribution is -0.136. The normalized spacial score (nSPS) is 21.3. The molecule has 0 aliphatic carbocycles. The molecule has 0 bridgehead atoms. The second-order valence-corrected chi connectivity index (χ2v) is 5.78. The van der Waals surface area contributed by atoms with E-state index in [1.54, 1.807) is 24.3 Å². The number of imide groups is 1. The van der Waals surface area contributed by atoms with Crippen LogP contribution < -0.4 is 16.8 Å². The van der Waals surface area contributed by atoms with E-state index in [2.05, 4.69) is 5.32 Å². The third kappa shape index (κ3) is 2.76. The van der Waals surface area contributed by atoms with Gasteiger partial charge in [-0.3, -0.25) is 19.7 Å². The highest BCUT2D eigenvalue weighted by Gasteiger charge is 2.39. The van der Waals surface area contributed by atoms with Crippen molar-refractivity contribution in [1.29, 1.82) is 0 Å². The van der Waals surface area contributed by atoms with E-state index in [1.165, 1.54) is 11.1 Å². The highest BCUT2D eigenvalue weighted by atomic mass is 16.2. The Bertz CT molecular complexity index is 782. The van der Waals surface area contributed by atoms with Crippen molar-refractivity contribution in [3.8, 4) is 0 Å². The summed E-state index contributed by atoms with van der Waals surface area (Å²) in [5, 5.41) is 2.29. The van der Waals surface area contributed by atoms with Gasteiger partial charge in [0.05, 0.1) is 0 Å². The van der Waals surface area contributed by atoms with Crippen molar-refractivity contribution in [2.75, 3.05) is 0 Å². The number of carbonyl (C=O) groups excluding carboxylic acids is 3. The Hall–Kier alpha value is -3.09. The molecule has 24 heavy (non-hydrogen) atoms. The van der Waals surface area contributed by atoms with Crippen molar-refractivity contribution in [1.82, 2.24) is 10.2 Å². The second kappa shape index (κ2) is 6.19. The van der Waals surface area contributed by atoms with Gasteiger partial charge in [0.1, 0.15) is 6.04 Å². The van der Waals surface area contributed by atoms with Crippen molar-refractivity contribution < 1.29 is 14.4 Å². The van der Waals surface area contributed by atoms with Gasteiger partial charge in [-0.1, -0.05) is 6.07 Å². The maximum absolute atomic E-state index is 12.6. The average molecular weight is 326 g/mol. The highest BCUT2D eigenvalue weighted by Crippen LogP contribution is 2.29. The largest absolute Gasteiger partial charge is 0.405 e. The van der Waals surface area contributed by atoms with Gasteiger partial charge in [-0.25, -0.2) is 0 Å². The SMILES string of the molecule is N/C=C\C=C(/N)c1ccc2c(c1)CN(C1CCC(=O)NC1=O)C2=O. The number of nitrogens with zero attached hydrogens (tertiary/aromatic N) is 1. The van der Waals surface area contributed by atoms with E-state index in [4.69, 9.17) is 11.5 Å². The maximum atomic E-state index is 12.6. The Morgan fingerprint density at radius 3 is 2.79 bits per heavy atom. The summed E-state index contributed by atoms with van der Waals surface area (Å²) < 4.78 is 0. The number of allylic oxidation sites excluding steroid dienone is 2. The van der Waals surface area contributed by atoms with Crippen LogP contribution in [-0.2, 0) is 16.1 Å². The van der Waals surface area contributed by atoms with E-state index in [1.807, 2.05) is 6.07 Å². The summed E-state index contributed by atoms with van der Waals surface area (Å²) in [6, 6.07) is 4.71. The van der Waals surface area contributed by atoms with Gasteiger partial charge in [0.25, 0.3) is 5.91 Å². The van der Waals surface area contributed by atoms with Crippen LogP contribution in [0.25, 0.3) is 5.70 Å². The van der Waals surface area contributed by atoms with Crippen LogP contribution in [0.2, 0.25) is 0 Å². The fourth-order valence-electron chi connectivity index (χ4n) is 3.01. The van der Waals surface area contributed by atoms with Gasteiger partial charge in [0, 0.05) is 24.2 Å². The molecule has 3 amide bonds. The van der Waals surface area contributed by atoms with Gasteiger partial charge < -0.3 is 16.4 Å². The van der Waals surface area contributed by atoms with Gasteiger partial charge in [-0.15, -0.1) is 0 Å². The van der Waals surface area contributed by atoms with Gasteiger partial charge in [-0.05, 0) is 48.0 Å². The number of hydrogen-bond donors (Lipinski definition) is 3. The lowest BCUT2D eigenvalue weighted by atomic mass is 10.0. The number of rotatable bonds is 3. The van der Waals surface area contributed by atoms with E-state index < -0.39 is 11.9 Å². The quantitative estimate of drug-likeness (QED) is 0.542. The molecule has 1 aromatic rings. The van der Waals surface area contributed by atoms with E-state index in [0.717, 1.165) is 11.1 Å². The molecule has 2 aliphatic heterocycles. The standard InChI is InChI=1S/C17H18N4O3/c18-7-1-2-13(19)10-3-4-12-11(8-10)9-21(17(12)24)14-5-6-15(22)20-16(14)23/h1-4,7-8,14H,5-6,9,18-19H2,(H,20,22,23)/b7-1-,13-2-. The zero-order valence-electron chi connectivity index (χ0n) is 13.0. The first-order valence-electron chi connectivity index (χ1n) is 7.63. The van der Waals surface area contributed by atoms with Crippen LogP contribution in [0.4, 0.5) is 0 Å². The average Bonchev–Trinajstić information content (AvgIpc) is 2.89. The zero-order chi connectivity index (χ0) is 17.3. The first kappa shape index (κ1) is 15.8. The van der Waals surface area contributed by atoms with Gasteiger partial charge in [0.2, 0.25) is 11.8 Å². The van der Waals surface area contributed by atoms with E-state index >= 15 is 0 Å². The summed E-state index contributed by atoms with van der Waals surface area (Å²) >= 11 is 0. The molecule has 5 N–H and O–H groups in total. The Morgan fingerprint density at radius 1 is 1.29 bits per heavy atom. The van der Waals surface area contributed by atoms with Gasteiger partial charge >= 0.3 is 0 Å². The molecule has 1 fully saturated rings. The predicted octanol–water partition coefficient (Wildman–Crippen LogP) is 0.220. The fourth-order valence-corrected chi connectivity index (χ4v) is 3.01. The molecule has 1 saturated heterocycles. The molecule has 1 atom stereocenters. The molecular formula is C17H18N4O3. The third-order valence-electron chi connectivity index (χ3n) is 4.24. The van der Waals surface area contributed by atoms with Crippen molar-refractivity contribution in [2.24, 2.45) is 11.5 Å². The number of carbonyl (C=O) groups is 3. The Labute approximate surface area is 139 Å². The van der Waals surface area contributed by atoms with Crippen molar-refractivity contribution in [3.63, 3.8) is 0 Å². The van der Waals surface area contributed by atoms with E-state index in [-0.39, 0.29) is 18.2 Å². The number of amides is 3. The fraction of sp³-hybridized carbons (Fsp3) is 0.235. The molecule has 3 rings (SSSR count). The van der Waals surface area contributed by atoms with Crippen LogP contribution in [-0.4, -0.2) is 28.7 Å². The van der Waals surface area contributed by atoms with E-state index in [0.29, 0.717) is 24.2 Å². The molecule has 2 heterocycles. The molecule has 0 spiro atoms. The minimum absolute atomic E-state index is 0.199. The van der Waals surface area contributed by atoms with Crippen LogP contribution in [0.5, 0.6) is 0 Å². The van der Waals surface area contributed by atoms with Gasteiger partial charge in [-0.2, -0.15) is 0 Å².